The Labute approximate surface area is 168 Å². The van der Waals surface area contributed by atoms with Crippen LogP contribution in [0.25, 0.3) is 11.1 Å². The molecule has 2 atom stereocenters. The molecule has 0 radical (unpaired) electrons. The van der Waals surface area contributed by atoms with Gasteiger partial charge in [0, 0.05) is 23.5 Å². The van der Waals surface area contributed by atoms with Gasteiger partial charge in [-0.05, 0) is 42.5 Å². The van der Waals surface area contributed by atoms with Crippen molar-refractivity contribution in [1.29, 1.82) is 0 Å². The molecule has 0 bridgehead atoms. The number of anilines is 2. The summed E-state index contributed by atoms with van der Waals surface area (Å²) in [7, 11) is 0. The van der Waals surface area contributed by atoms with Crippen molar-refractivity contribution in [3.05, 3.63) is 42.2 Å². The third kappa shape index (κ3) is 5.98. The van der Waals surface area contributed by atoms with Crippen LogP contribution in [0.2, 0.25) is 0 Å². The van der Waals surface area contributed by atoms with E-state index in [1.165, 1.54) is 25.7 Å². The molecule has 1 heterocycles. The number of hydrogen-bond donors (Lipinski definition) is 3. The Morgan fingerprint density at radius 2 is 1.86 bits per heavy atom. The van der Waals surface area contributed by atoms with Crippen molar-refractivity contribution in [2.45, 2.75) is 65.3 Å². The second-order valence-corrected chi connectivity index (χ2v) is 7.43. The Balaban J connectivity index is 0.00000136. The van der Waals surface area contributed by atoms with E-state index in [0.29, 0.717) is 23.3 Å². The SMILES string of the molecule is CC.CC1CCCCCC(Nc2cc(-c3cccc(N)c3)cnc2C(N)=O)C1. The molecular formula is C23H34N4O. The molecule has 152 valence electrons. The lowest BCUT2D eigenvalue weighted by Gasteiger charge is -2.26. The smallest absolute Gasteiger partial charge is 0.269 e. The van der Waals surface area contributed by atoms with Gasteiger partial charge in [0.05, 0.1) is 5.69 Å². The van der Waals surface area contributed by atoms with Gasteiger partial charge in [-0.15, -0.1) is 0 Å². The number of carbonyl (C=O) groups is 1. The topological polar surface area (TPSA) is 94.0 Å². The average Bonchev–Trinajstić information content (AvgIpc) is 2.67. The third-order valence-corrected chi connectivity index (χ3v) is 5.14. The molecule has 5 N–H and O–H groups in total. The first-order chi connectivity index (χ1) is 13.5. The van der Waals surface area contributed by atoms with Crippen LogP contribution in [-0.2, 0) is 0 Å². The maximum atomic E-state index is 11.9. The number of nitrogens with zero attached hydrogens (tertiary/aromatic N) is 1. The molecule has 2 aromatic rings. The van der Waals surface area contributed by atoms with Crippen molar-refractivity contribution in [3.63, 3.8) is 0 Å². The molecule has 5 nitrogen and oxygen atoms in total. The van der Waals surface area contributed by atoms with E-state index in [2.05, 4.69) is 17.2 Å². The van der Waals surface area contributed by atoms with E-state index in [9.17, 15) is 4.79 Å². The first-order valence-electron chi connectivity index (χ1n) is 10.4. The molecule has 1 aromatic heterocycles. The fourth-order valence-electron chi connectivity index (χ4n) is 3.78. The predicted molar refractivity (Wildman–Crippen MR) is 118 cm³/mol. The van der Waals surface area contributed by atoms with Gasteiger partial charge < -0.3 is 16.8 Å². The summed E-state index contributed by atoms with van der Waals surface area (Å²) >= 11 is 0. The molecule has 0 aliphatic heterocycles. The Kier molecular flexibility index (Phi) is 8.30. The summed E-state index contributed by atoms with van der Waals surface area (Å²) in [5.41, 5.74) is 15.1. The van der Waals surface area contributed by atoms with Gasteiger partial charge in [-0.2, -0.15) is 0 Å². The van der Waals surface area contributed by atoms with Crippen LogP contribution in [0.3, 0.4) is 0 Å². The molecule has 2 unspecified atom stereocenters. The van der Waals surface area contributed by atoms with Crippen LogP contribution >= 0.6 is 0 Å². The number of hydrogen-bond acceptors (Lipinski definition) is 4. The number of amides is 1. The van der Waals surface area contributed by atoms with Gasteiger partial charge in [0.25, 0.3) is 5.91 Å². The number of rotatable bonds is 4. The third-order valence-electron chi connectivity index (χ3n) is 5.14. The van der Waals surface area contributed by atoms with Crippen LogP contribution < -0.4 is 16.8 Å². The number of nitrogens with two attached hydrogens (primary N) is 2. The van der Waals surface area contributed by atoms with Crippen molar-refractivity contribution >= 4 is 17.3 Å². The highest BCUT2D eigenvalue weighted by atomic mass is 16.1. The zero-order valence-corrected chi connectivity index (χ0v) is 17.4. The molecule has 1 amide bonds. The minimum atomic E-state index is -0.509. The minimum Gasteiger partial charge on any atom is -0.399 e. The number of nitrogens with one attached hydrogen (secondary N) is 1. The normalized spacial score (nSPS) is 19.5. The predicted octanol–water partition coefficient (Wildman–Crippen LogP) is 5.23. The average molecular weight is 383 g/mol. The fraction of sp³-hybridized carbons (Fsp3) is 0.478. The highest BCUT2D eigenvalue weighted by Crippen LogP contribution is 2.29. The van der Waals surface area contributed by atoms with E-state index < -0.39 is 5.91 Å². The lowest BCUT2D eigenvalue weighted by molar-refractivity contribution is 0.0996. The van der Waals surface area contributed by atoms with Crippen molar-refractivity contribution in [3.8, 4) is 11.1 Å². The maximum Gasteiger partial charge on any atom is 0.269 e. The standard InChI is InChI=1S/C21H28N4O.C2H6/c1-14-6-3-2-4-9-18(10-14)25-19-12-16(13-24-20(19)21(23)26)15-7-5-8-17(22)11-15;1-2/h5,7-8,11-14,18,25H,2-4,6,9-10,22H2,1H3,(H2,23,26);1-2H3. The van der Waals surface area contributed by atoms with Gasteiger partial charge in [0.15, 0.2) is 5.69 Å². The summed E-state index contributed by atoms with van der Waals surface area (Å²) in [4.78, 5) is 16.2. The molecule has 28 heavy (non-hydrogen) atoms. The first-order valence-corrected chi connectivity index (χ1v) is 10.4. The van der Waals surface area contributed by atoms with Gasteiger partial charge in [-0.25, -0.2) is 4.98 Å². The van der Waals surface area contributed by atoms with Gasteiger partial charge in [-0.3, -0.25) is 4.79 Å². The lowest BCUT2D eigenvalue weighted by atomic mass is 9.89. The van der Waals surface area contributed by atoms with Crippen LogP contribution in [0, 0.1) is 5.92 Å². The molecule has 3 rings (SSSR count). The van der Waals surface area contributed by atoms with E-state index in [0.717, 1.165) is 29.7 Å². The lowest BCUT2D eigenvalue weighted by Crippen LogP contribution is -2.26. The zero-order chi connectivity index (χ0) is 20.5. The number of pyridine rings is 1. The maximum absolute atomic E-state index is 11.9. The number of nitrogen functional groups attached to an aromatic ring is 1. The first kappa shape index (κ1) is 21.7. The molecule has 0 spiro atoms. The molecule has 5 heteroatoms. The summed E-state index contributed by atoms with van der Waals surface area (Å²) < 4.78 is 0. The second-order valence-electron chi connectivity index (χ2n) is 7.43. The largest absolute Gasteiger partial charge is 0.399 e. The summed E-state index contributed by atoms with van der Waals surface area (Å²) in [6.45, 7) is 6.30. The van der Waals surface area contributed by atoms with Gasteiger partial charge >= 0.3 is 0 Å². The number of primary amides is 1. The zero-order valence-electron chi connectivity index (χ0n) is 17.4. The van der Waals surface area contributed by atoms with Crippen LogP contribution in [-0.4, -0.2) is 16.9 Å². The monoisotopic (exact) mass is 382 g/mol. The molecule has 1 aromatic carbocycles. The number of benzene rings is 1. The molecule has 1 aliphatic rings. The Morgan fingerprint density at radius 1 is 1.11 bits per heavy atom. The van der Waals surface area contributed by atoms with Crippen LogP contribution in [0.4, 0.5) is 11.4 Å². The minimum absolute atomic E-state index is 0.298. The molecule has 0 saturated heterocycles. The van der Waals surface area contributed by atoms with E-state index in [-0.39, 0.29) is 0 Å². The second kappa shape index (κ2) is 10.7. The summed E-state index contributed by atoms with van der Waals surface area (Å²) in [5.74, 6) is 0.167. The summed E-state index contributed by atoms with van der Waals surface area (Å²) in [6.07, 6.45) is 8.94. The van der Waals surface area contributed by atoms with E-state index in [4.69, 9.17) is 11.5 Å². The van der Waals surface area contributed by atoms with Crippen molar-refractivity contribution in [1.82, 2.24) is 4.98 Å². The van der Waals surface area contributed by atoms with E-state index in [1.54, 1.807) is 6.20 Å². The molecule has 1 saturated carbocycles. The summed E-state index contributed by atoms with van der Waals surface area (Å²) in [6, 6.07) is 9.95. The van der Waals surface area contributed by atoms with Crippen molar-refractivity contribution in [2.75, 3.05) is 11.1 Å². The van der Waals surface area contributed by atoms with Gasteiger partial charge in [0.2, 0.25) is 0 Å². The molecular weight excluding hydrogens is 348 g/mol. The highest BCUT2D eigenvalue weighted by Gasteiger charge is 2.19. The Hall–Kier alpha value is -2.56. The Bertz CT molecular complexity index is 775. The number of carbonyl (C=O) groups excluding carboxylic acids is 1. The molecule has 1 aliphatic carbocycles. The fourth-order valence-corrected chi connectivity index (χ4v) is 3.78. The van der Waals surface area contributed by atoms with Crippen molar-refractivity contribution in [2.24, 2.45) is 11.7 Å². The Morgan fingerprint density at radius 3 is 2.57 bits per heavy atom. The molecule has 1 fully saturated rings. The van der Waals surface area contributed by atoms with E-state index >= 15 is 0 Å². The van der Waals surface area contributed by atoms with Crippen LogP contribution in [0.5, 0.6) is 0 Å². The van der Waals surface area contributed by atoms with Gasteiger partial charge in [0.1, 0.15) is 0 Å². The summed E-state index contributed by atoms with van der Waals surface area (Å²) in [5, 5.41) is 3.56. The number of aromatic nitrogens is 1. The van der Waals surface area contributed by atoms with Crippen LogP contribution in [0.15, 0.2) is 36.5 Å². The highest BCUT2D eigenvalue weighted by molar-refractivity contribution is 5.97. The van der Waals surface area contributed by atoms with E-state index in [1.807, 2.05) is 44.2 Å². The van der Waals surface area contributed by atoms with Crippen LogP contribution in [0.1, 0.15) is 69.8 Å². The quantitative estimate of drug-likeness (QED) is 0.631. The van der Waals surface area contributed by atoms with Gasteiger partial charge in [-0.1, -0.05) is 58.6 Å². The van der Waals surface area contributed by atoms with Crippen molar-refractivity contribution < 1.29 is 4.79 Å².